The van der Waals surface area contributed by atoms with Crippen molar-refractivity contribution in [2.45, 2.75) is 0 Å². The number of hydrogen-bond acceptors (Lipinski definition) is 4. The molecule has 5 rings (SSSR count). The van der Waals surface area contributed by atoms with E-state index in [-0.39, 0.29) is 11.6 Å². The van der Waals surface area contributed by atoms with Crippen LogP contribution in [0.2, 0.25) is 5.02 Å². The smallest absolute Gasteiger partial charge is 0.295 e. The molecule has 3 N–H and O–H groups in total. The molecule has 0 atom stereocenters. The molecule has 31 heavy (non-hydrogen) atoms. The zero-order valence-electron chi connectivity index (χ0n) is 15.7. The van der Waals surface area contributed by atoms with Crippen molar-refractivity contribution in [1.82, 2.24) is 15.0 Å². The van der Waals surface area contributed by atoms with Gasteiger partial charge in [-0.15, -0.1) is 10.2 Å². The zero-order valence-corrected chi connectivity index (χ0v) is 18.1. The van der Waals surface area contributed by atoms with Crippen molar-refractivity contribution in [3.63, 3.8) is 0 Å². The number of amides is 1. The molecule has 0 fully saturated rings. The molecular formula is C22H13BrClN5O2. The molecule has 0 aliphatic heterocycles. The Labute approximate surface area is 188 Å². The molecule has 1 amide bonds. The average Bonchev–Trinajstić information content (AvgIpc) is 3.32. The number of aromatic hydroxyl groups is 1. The van der Waals surface area contributed by atoms with E-state index in [2.05, 4.69) is 41.1 Å². The van der Waals surface area contributed by atoms with E-state index in [1.165, 1.54) is 0 Å². The molecule has 0 aliphatic carbocycles. The number of carbonyl (C=O) groups is 1. The van der Waals surface area contributed by atoms with E-state index in [0.717, 1.165) is 15.6 Å². The van der Waals surface area contributed by atoms with Gasteiger partial charge in [-0.2, -0.15) is 0 Å². The van der Waals surface area contributed by atoms with Crippen molar-refractivity contribution in [3.8, 4) is 17.3 Å². The first kappa shape index (κ1) is 19.5. The van der Waals surface area contributed by atoms with Gasteiger partial charge in [-0.25, -0.2) is 4.98 Å². The Hall–Kier alpha value is -3.49. The molecule has 9 heteroatoms. The third-order valence-corrected chi connectivity index (χ3v) is 5.55. The van der Waals surface area contributed by atoms with E-state index < -0.39 is 5.91 Å². The summed E-state index contributed by atoms with van der Waals surface area (Å²) < 4.78 is 0.822. The number of benzene rings is 3. The van der Waals surface area contributed by atoms with Crippen molar-refractivity contribution in [1.29, 1.82) is 0 Å². The van der Waals surface area contributed by atoms with Gasteiger partial charge in [-0.1, -0.05) is 27.5 Å². The highest BCUT2D eigenvalue weighted by Crippen LogP contribution is 2.37. The van der Waals surface area contributed by atoms with Crippen LogP contribution in [0.5, 0.6) is 5.88 Å². The number of fused-ring (bicyclic) bond motifs is 2. The Bertz CT molecular complexity index is 1490. The molecule has 152 valence electrons. The molecule has 0 saturated heterocycles. The van der Waals surface area contributed by atoms with Gasteiger partial charge in [0.1, 0.15) is 5.82 Å². The highest BCUT2D eigenvalue weighted by Gasteiger charge is 2.13. The minimum atomic E-state index is -0.534. The number of H-pyrrole nitrogens is 2. The second-order valence-electron chi connectivity index (χ2n) is 6.84. The van der Waals surface area contributed by atoms with Crippen LogP contribution in [0.4, 0.5) is 5.69 Å². The largest absolute Gasteiger partial charge is 0.493 e. The van der Waals surface area contributed by atoms with Crippen LogP contribution in [0, 0.1) is 0 Å². The van der Waals surface area contributed by atoms with Crippen molar-refractivity contribution in [2.75, 3.05) is 0 Å². The maximum atomic E-state index is 12.6. The van der Waals surface area contributed by atoms with Gasteiger partial charge in [-0.3, -0.25) is 4.79 Å². The predicted octanol–water partition coefficient (Wildman–Crippen LogP) is 6.76. The van der Waals surface area contributed by atoms with Crippen LogP contribution in [0.1, 0.15) is 10.4 Å². The quantitative estimate of drug-likeness (QED) is 0.241. The molecule has 3 aromatic carbocycles. The van der Waals surface area contributed by atoms with Crippen LogP contribution >= 0.6 is 27.5 Å². The van der Waals surface area contributed by atoms with E-state index in [9.17, 15) is 9.90 Å². The van der Waals surface area contributed by atoms with Crippen molar-refractivity contribution < 1.29 is 9.90 Å². The number of rotatable bonds is 3. The number of halogens is 2. The first-order valence-corrected chi connectivity index (χ1v) is 10.4. The van der Waals surface area contributed by atoms with Crippen LogP contribution in [-0.4, -0.2) is 26.0 Å². The lowest BCUT2D eigenvalue weighted by molar-refractivity contribution is 0.0995. The second-order valence-corrected chi connectivity index (χ2v) is 8.19. The Balaban J connectivity index is 1.45. The normalized spacial score (nSPS) is 11.7. The van der Waals surface area contributed by atoms with Gasteiger partial charge in [0, 0.05) is 26.0 Å². The van der Waals surface area contributed by atoms with Gasteiger partial charge >= 0.3 is 0 Å². The SMILES string of the molecule is O=C(N=Nc1c(O)[nH]c2ccc(Br)cc12)c1ccc2nc(-c3ccc(Cl)cc3)[nH]c2c1. The van der Waals surface area contributed by atoms with Crippen LogP contribution in [0.3, 0.4) is 0 Å². The number of hydrogen-bond donors (Lipinski definition) is 3. The van der Waals surface area contributed by atoms with E-state index in [0.29, 0.717) is 32.8 Å². The molecule has 0 unspecified atom stereocenters. The lowest BCUT2D eigenvalue weighted by Crippen LogP contribution is -1.93. The Morgan fingerprint density at radius 3 is 2.61 bits per heavy atom. The fourth-order valence-electron chi connectivity index (χ4n) is 3.28. The molecule has 0 spiro atoms. The number of nitrogens with one attached hydrogen (secondary N) is 2. The number of imidazole rings is 1. The number of nitrogens with zero attached hydrogens (tertiary/aromatic N) is 3. The lowest BCUT2D eigenvalue weighted by Gasteiger charge is -1.96. The Morgan fingerprint density at radius 2 is 1.81 bits per heavy atom. The molecule has 2 heterocycles. The summed E-state index contributed by atoms with van der Waals surface area (Å²) in [5.41, 5.74) is 3.55. The van der Waals surface area contributed by atoms with Gasteiger partial charge in [0.05, 0.1) is 16.6 Å². The van der Waals surface area contributed by atoms with Gasteiger partial charge in [-0.05, 0) is 60.7 Å². The topological polar surface area (TPSA) is 106 Å². The monoisotopic (exact) mass is 493 g/mol. The Morgan fingerprint density at radius 1 is 1.00 bits per heavy atom. The summed E-state index contributed by atoms with van der Waals surface area (Å²) in [6.45, 7) is 0. The van der Waals surface area contributed by atoms with Crippen molar-refractivity contribution in [3.05, 3.63) is 75.7 Å². The molecular weight excluding hydrogens is 482 g/mol. The summed E-state index contributed by atoms with van der Waals surface area (Å²) in [6, 6.07) is 17.8. The van der Waals surface area contributed by atoms with Crippen LogP contribution in [0.15, 0.2) is 75.4 Å². The summed E-state index contributed by atoms with van der Waals surface area (Å²) in [5, 5.41) is 19.2. The number of carbonyl (C=O) groups excluding carboxylic acids is 1. The first-order chi connectivity index (χ1) is 15.0. The highest BCUT2D eigenvalue weighted by atomic mass is 79.9. The van der Waals surface area contributed by atoms with E-state index in [4.69, 9.17) is 11.6 Å². The van der Waals surface area contributed by atoms with Gasteiger partial charge in [0.2, 0.25) is 5.88 Å². The fraction of sp³-hybridized carbons (Fsp3) is 0. The van der Waals surface area contributed by atoms with Crippen LogP contribution in [0.25, 0.3) is 33.3 Å². The summed E-state index contributed by atoms with van der Waals surface area (Å²) in [5.74, 6) is -0.0123. The molecule has 0 bridgehead atoms. The number of aromatic nitrogens is 3. The predicted molar refractivity (Wildman–Crippen MR) is 123 cm³/mol. The average molecular weight is 495 g/mol. The number of aromatic amines is 2. The minimum absolute atomic E-state index is 0.152. The standard InChI is InChI=1S/C22H13BrClN5O2/c23-13-4-8-16-15(10-13)19(22(31)27-16)28-29-21(30)12-3-7-17-18(9-12)26-20(25-17)11-1-5-14(24)6-2-11/h1-10,27,31H,(H,25,26). The third kappa shape index (κ3) is 3.71. The van der Waals surface area contributed by atoms with Gasteiger partial charge < -0.3 is 15.1 Å². The fourth-order valence-corrected chi connectivity index (χ4v) is 3.76. The van der Waals surface area contributed by atoms with Crippen LogP contribution in [-0.2, 0) is 0 Å². The van der Waals surface area contributed by atoms with Gasteiger partial charge in [0.15, 0.2) is 5.69 Å². The molecule has 0 radical (unpaired) electrons. The zero-order chi connectivity index (χ0) is 21.5. The van der Waals surface area contributed by atoms with Crippen LogP contribution < -0.4 is 0 Å². The third-order valence-electron chi connectivity index (χ3n) is 4.80. The molecule has 5 aromatic rings. The van der Waals surface area contributed by atoms with E-state index in [1.807, 2.05) is 18.2 Å². The maximum absolute atomic E-state index is 12.6. The Kier molecular flexibility index (Phi) is 4.80. The summed E-state index contributed by atoms with van der Waals surface area (Å²) >= 11 is 9.33. The second kappa shape index (κ2) is 7.64. The molecule has 2 aromatic heterocycles. The summed E-state index contributed by atoms with van der Waals surface area (Å²) in [6.07, 6.45) is 0. The van der Waals surface area contributed by atoms with Gasteiger partial charge in [0.25, 0.3) is 5.91 Å². The molecule has 0 saturated carbocycles. The van der Waals surface area contributed by atoms with E-state index >= 15 is 0 Å². The maximum Gasteiger partial charge on any atom is 0.295 e. The number of azo groups is 1. The first-order valence-electron chi connectivity index (χ1n) is 9.20. The van der Waals surface area contributed by atoms with Crippen molar-refractivity contribution >= 4 is 61.1 Å². The molecule has 7 nitrogen and oxygen atoms in total. The summed E-state index contributed by atoms with van der Waals surface area (Å²) in [4.78, 5) is 23.2. The van der Waals surface area contributed by atoms with Crippen molar-refractivity contribution in [2.24, 2.45) is 10.2 Å². The minimum Gasteiger partial charge on any atom is -0.493 e. The highest BCUT2D eigenvalue weighted by molar-refractivity contribution is 9.10. The molecule has 0 aliphatic rings. The van der Waals surface area contributed by atoms with E-state index in [1.54, 1.807) is 42.5 Å². The summed E-state index contributed by atoms with van der Waals surface area (Å²) in [7, 11) is 0. The lowest BCUT2D eigenvalue weighted by atomic mass is 10.2.